The van der Waals surface area contributed by atoms with Crippen LogP contribution in [0.25, 0.3) is 10.3 Å². The number of hydrogen-bond donors (Lipinski definition) is 2. The molecular weight excluding hydrogens is 220 g/mol. The molecule has 1 aliphatic rings. The fourth-order valence-electron chi connectivity index (χ4n) is 2.18. The van der Waals surface area contributed by atoms with Crippen molar-refractivity contribution in [1.82, 2.24) is 15.3 Å². The summed E-state index contributed by atoms with van der Waals surface area (Å²) in [5, 5.41) is 4.00. The van der Waals surface area contributed by atoms with E-state index in [1.165, 1.54) is 24.2 Å². The van der Waals surface area contributed by atoms with Crippen molar-refractivity contribution in [2.24, 2.45) is 0 Å². The Labute approximate surface area is 97.9 Å². The Morgan fingerprint density at radius 2 is 2.31 bits per heavy atom. The molecule has 0 amide bonds. The lowest BCUT2D eigenvalue weighted by Crippen LogP contribution is -2.28. The molecule has 1 saturated heterocycles. The molecule has 0 saturated carbocycles. The van der Waals surface area contributed by atoms with Crippen LogP contribution in [0, 0.1) is 0 Å². The van der Waals surface area contributed by atoms with Gasteiger partial charge in [0.1, 0.15) is 0 Å². The summed E-state index contributed by atoms with van der Waals surface area (Å²) in [4.78, 5) is 8.83. The van der Waals surface area contributed by atoms with E-state index in [-0.39, 0.29) is 0 Å². The molecule has 3 heterocycles. The van der Waals surface area contributed by atoms with Crippen LogP contribution in [-0.2, 0) is 0 Å². The van der Waals surface area contributed by atoms with E-state index in [0.29, 0.717) is 11.0 Å². The topological polar surface area (TPSA) is 63.8 Å². The summed E-state index contributed by atoms with van der Waals surface area (Å²) in [6.45, 7) is 2.15. The van der Waals surface area contributed by atoms with Crippen LogP contribution < -0.4 is 11.1 Å². The predicted octanol–water partition coefficient (Wildman–Crippen LogP) is 1.74. The minimum Gasteiger partial charge on any atom is -0.375 e. The first-order valence-corrected chi connectivity index (χ1v) is 6.38. The van der Waals surface area contributed by atoms with E-state index in [1.54, 1.807) is 0 Å². The minimum atomic E-state index is 0.529. The lowest BCUT2D eigenvalue weighted by molar-refractivity contribution is 0.455. The second-order valence-corrected chi connectivity index (χ2v) is 5.22. The standard InChI is InChI=1S/C11H14N4S/c12-11-15-10-9(16-11)4-3-8(14-10)7-2-1-5-13-6-7/h3-4,7,13H,1-2,5-6H2,(H2,12,14,15). The van der Waals surface area contributed by atoms with Crippen LogP contribution in [0.15, 0.2) is 12.1 Å². The van der Waals surface area contributed by atoms with Crippen LogP contribution >= 0.6 is 11.3 Å². The first-order valence-electron chi connectivity index (χ1n) is 5.56. The van der Waals surface area contributed by atoms with Crippen molar-refractivity contribution in [1.29, 1.82) is 0 Å². The number of nitrogen functional groups attached to an aromatic ring is 1. The average molecular weight is 234 g/mol. The summed E-state index contributed by atoms with van der Waals surface area (Å²) in [7, 11) is 0. The van der Waals surface area contributed by atoms with Gasteiger partial charge in [0.15, 0.2) is 10.8 Å². The summed E-state index contributed by atoms with van der Waals surface area (Å²) in [6.07, 6.45) is 2.44. The largest absolute Gasteiger partial charge is 0.375 e. The van der Waals surface area contributed by atoms with Crippen molar-refractivity contribution in [3.63, 3.8) is 0 Å². The summed E-state index contributed by atoms with van der Waals surface area (Å²) in [6, 6.07) is 4.19. The maximum atomic E-state index is 5.67. The summed E-state index contributed by atoms with van der Waals surface area (Å²) >= 11 is 1.50. The van der Waals surface area contributed by atoms with Gasteiger partial charge in [-0.15, -0.1) is 0 Å². The lowest BCUT2D eigenvalue weighted by Gasteiger charge is -2.21. The van der Waals surface area contributed by atoms with E-state index in [4.69, 9.17) is 5.73 Å². The molecule has 1 atom stereocenters. The number of hydrogen-bond acceptors (Lipinski definition) is 5. The number of thiazole rings is 1. The highest BCUT2D eigenvalue weighted by atomic mass is 32.1. The van der Waals surface area contributed by atoms with E-state index in [1.807, 2.05) is 0 Å². The highest BCUT2D eigenvalue weighted by molar-refractivity contribution is 7.21. The second-order valence-electron chi connectivity index (χ2n) is 4.15. The second kappa shape index (κ2) is 3.99. The Balaban J connectivity index is 1.97. The van der Waals surface area contributed by atoms with Gasteiger partial charge in [-0.2, -0.15) is 0 Å². The molecule has 16 heavy (non-hydrogen) atoms. The molecule has 0 spiro atoms. The maximum absolute atomic E-state index is 5.67. The Morgan fingerprint density at radius 3 is 3.12 bits per heavy atom. The van der Waals surface area contributed by atoms with Crippen LogP contribution in [0.2, 0.25) is 0 Å². The van der Waals surface area contributed by atoms with Gasteiger partial charge in [-0.3, -0.25) is 0 Å². The molecule has 5 heteroatoms. The molecule has 1 fully saturated rings. The van der Waals surface area contributed by atoms with Gasteiger partial charge in [-0.05, 0) is 31.5 Å². The number of fused-ring (bicyclic) bond motifs is 1. The minimum absolute atomic E-state index is 0.529. The van der Waals surface area contributed by atoms with Gasteiger partial charge in [0.2, 0.25) is 0 Å². The van der Waals surface area contributed by atoms with Crippen molar-refractivity contribution in [3.05, 3.63) is 17.8 Å². The van der Waals surface area contributed by atoms with Gasteiger partial charge in [0.25, 0.3) is 0 Å². The Kier molecular flexibility index (Phi) is 2.49. The molecule has 0 radical (unpaired) electrons. The van der Waals surface area contributed by atoms with E-state index in [9.17, 15) is 0 Å². The van der Waals surface area contributed by atoms with Gasteiger partial charge in [-0.25, -0.2) is 9.97 Å². The Bertz CT molecular complexity index is 502. The number of nitrogens with one attached hydrogen (secondary N) is 1. The normalized spacial score (nSPS) is 21.4. The van der Waals surface area contributed by atoms with Crippen LogP contribution in [-0.4, -0.2) is 23.1 Å². The van der Waals surface area contributed by atoms with Gasteiger partial charge >= 0.3 is 0 Å². The molecule has 1 aliphatic heterocycles. The number of nitrogens with zero attached hydrogens (tertiary/aromatic N) is 2. The van der Waals surface area contributed by atoms with Gasteiger partial charge < -0.3 is 11.1 Å². The van der Waals surface area contributed by atoms with Gasteiger partial charge in [0, 0.05) is 18.2 Å². The monoisotopic (exact) mass is 234 g/mol. The number of pyridine rings is 1. The number of rotatable bonds is 1. The van der Waals surface area contributed by atoms with Crippen LogP contribution in [0.1, 0.15) is 24.5 Å². The molecule has 0 aromatic carbocycles. The third kappa shape index (κ3) is 1.76. The quantitative estimate of drug-likeness (QED) is 0.789. The molecule has 0 aliphatic carbocycles. The number of piperidine rings is 1. The lowest BCUT2D eigenvalue weighted by atomic mass is 9.96. The van der Waals surface area contributed by atoms with Crippen molar-refractivity contribution in [2.45, 2.75) is 18.8 Å². The number of nitrogens with two attached hydrogens (primary N) is 1. The van der Waals surface area contributed by atoms with Gasteiger partial charge in [0.05, 0.1) is 4.70 Å². The van der Waals surface area contributed by atoms with Crippen molar-refractivity contribution in [2.75, 3.05) is 18.8 Å². The zero-order valence-corrected chi connectivity index (χ0v) is 9.76. The molecule has 2 aromatic rings. The zero-order chi connectivity index (χ0) is 11.0. The van der Waals surface area contributed by atoms with Crippen molar-refractivity contribution < 1.29 is 0 Å². The van der Waals surface area contributed by atoms with Crippen LogP contribution in [0.4, 0.5) is 5.13 Å². The summed E-state index contributed by atoms with van der Waals surface area (Å²) in [5.74, 6) is 0.529. The van der Waals surface area contributed by atoms with Gasteiger partial charge in [-0.1, -0.05) is 11.3 Å². The Hall–Kier alpha value is -1.20. The average Bonchev–Trinajstić information content (AvgIpc) is 2.69. The molecule has 84 valence electrons. The summed E-state index contributed by atoms with van der Waals surface area (Å²) in [5.41, 5.74) is 7.61. The predicted molar refractivity (Wildman–Crippen MR) is 66.7 cm³/mol. The van der Waals surface area contributed by atoms with E-state index < -0.39 is 0 Å². The van der Waals surface area contributed by atoms with E-state index in [0.717, 1.165) is 29.1 Å². The van der Waals surface area contributed by atoms with Crippen LogP contribution in [0.5, 0.6) is 0 Å². The third-order valence-corrected chi connectivity index (χ3v) is 3.85. The number of anilines is 1. The zero-order valence-electron chi connectivity index (χ0n) is 8.94. The first-order chi connectivity index (χ1) is 7.83. The fourth-order valence-corrected chi connectivity index (χ4v) is 2.86. The van der Waals surface area contributed by atoms with E-state index in [2.05, 4.69) is 27.4 Å². The Morgan fingerprint density at radius 1 is 1.38 bits per heavy atom. The molecule has 3 rings (SSSR count). The molecule has 4 nitrogen and oxygen atoms in total. The van der Waals surface area contributed by atoms with Crippen molar-refractivity contribution in [3.8, 4) is 0 Å². The highest BCUT2D eigenvalue weighted by Gasteiger charge is 2.17. The SMILES string of the molecule is Nc1nc2nc(C3CCCNC3)ccc2s1. The van der Waals surface area contributed by atoms with Crippen molar-refractivity contribution >= 4 is 26.8 Å². The third-order valence-electron chi connectivity index (χ3n) is 3.01. The summed E-state index contributed by atoms with van der Waals surface area (Å²) < 4.78 is 1.07. The molecule has 2 aromatic heterocycles. The molecule has 1 unspecified atom stereocenters. The smallest absolute Gasteiger partial charge is 0.182 e. The maximum Gasteiger partial charge on any atom is 0.182 e. The first kappa shape index (κ1) is 9.99. The van der Waals surface area contributed by atoms with Crippen LogP contribution in [0.3, 0.4) is 0 Å². The molecule has 3 N–H and O–H groups in total. The van der Waals surface area contributed by atoms with E-state index >= 15 is 0 Å². The number of aromatic nitrogens is 2. The fraction of sp³-hybridized carbons (Fsp3) is 0.455. The molecule has 0 bridgehead atoms. The molecular formula is C11H14N4S. The highest BCUT2D eigenvalue weighted by Crippen LogP contribution is 2.26.